The number of hydrogen-bond acceptors (Lipinski definition) is 3. The summed E-state index contributed by atoms with van der Waals surface area (Å²) < 4.78 is 1.90. The molecular weight excluding hydrogens is 202 g/mol. The Kier molecular flexibility index (Phi) is 3.00. The second-order valence-corrected chi connectivity index (χ2v) is 3.53. The number of nitrogens with zero attached hydrogens (tertiary/aromatic N) is 2. The Morgan fingerprint density at radius 1 is 1.38 bits per heavy atom. The quantitative estimate of drug-likeness (QED) is 0.792. The van der Waals surface area contributed by atoms with E-state index in [1.54, 1.807) is 13.1 Å². The van der Waals surface area contributed by atoms with Crippen molar-refractivity contribution >= 4 is 12.2 Å². The van der Waals surface area contributed by atoms with E-state index in [0.29, 0.717) is 5.95 Å². The van der Waals surface area contributed by atoms with Gasteiger partial charge in [0.25, 0.3) is 0 Å². The first-order valence-corrected chi connectivity index (χ1v) is 5.12. The molecule has 0 aliphatic rings. The summed E-state index contributed by atoms with van der Waals surface area (Å²) >= 11 is 0. The second kappa shape index (κ2) is 4.61. The predicted molar refractivity (Wildman–Crippen MR) is 62.7 cm³/mol. The molecule has 0 saturated heterocycles. The average molecular weight is 215 g/mol. The Hall–Kier alpha value is -2.10. The zero-order chi connectivity index (χ0) is 11.4. The van der Waals surface area contributed by atoms with Crippen molar-refractivity contribution in [1.82, 2.24) is 9.55 Å². The third-order valence-corrected chi connectivity index (χ3v) is 2.24. The van der Waals surface area contributed by atoms with Gasteiger partial charge < -0.3 is 10.1 Å². The zero-order valence-corrected chi connectivity index (χ0v) is 9.00. The van der Waals surface area contributed by atoms with Gasteiger partial charge in [-0.05, 0) is 19.1 Å². The summed E-state index contributed by atoms with van der Waals surface area (Å²) in [6, 6.07) is 9.60. The molecule has 2 rings (SSSR count). The fourth-order valence-electron chi connectivity index (χ4n) is 1.44. The number of aldehydes is 1. The van der Waals surface area contributed by atoms with Gasteiger partial charge in [0.15, 0.2) is 0 Å². The monoisotopic (exact) mass is 215 g/mol. The molecule has 0 radical (unpaired) electrons. The van der Waals surface area contributed by atoms with E-state index < -0.39 is 0 Å². The summed E-state index contributed by atoms with van der Waals surface area (Å²) in [4.78, 5) is 14.8. The van der Waals surface area contributed by atoms with Gasteiger partial charge >= 0.3 is 0 Å². The van der Waals surface area contributed by atoms with Crippen LogP contribution >= 0.6 is 0 Å². The van der Waals surface area contributed by atoms with Gasteiger partial charge in [-0.25, -0.2) is 4.98 Å². The molecule has 0 saturated carbocycles. The van der Waals surface area contributed by atoms with Crippen molar-refractivity contribution in [3.8, 4) is 5.69 Å². The molecule has 0 aliphatic carbocycles. The standard InChI is InChI=1S/C12H13N3O/c1-10(9-16)14-12-13-7-8-15(12)11-5-3-2-4-6-11/h2-10H,1H3,(H,13,14). The molecule has 0 fully saturated rings. The summed E-state index contributed by atoms with van der Waals surface area (Å²) in [5.74, 6) is 0.672. The molecular formula is C12H13N3O. The highest BCUT2D eigenvalue weighted by Crippen LogP contribution is 2.14. The number of carbonyl (C=O) groups excluding carboxylic acids is 1. The Bertz CT molecular complexity index is 464. The number of nitrogens with one attached hydrogen (secondary N) is 1. The smallest absolute Gasteiger partial charge is 0.208 e. The van der Waals surface area contributed by atoms with Crippen LogP contribution < -0.4 is 5.32 Å². The molecule has 1 aromatic carbocycles. The van der Waals surface area contributed by atoms with E-state index in [0.717, 1.165) is 12.0 Å². The van der Waals surface area contributed by atoms with Gasteiger partial charge in [-0.1, -0.05) is 18.2 Å². The molecule has 0 aliphatic heterocycles. The first-order chi connectivity index (χ1) is 7.81. The van der Waals surface area contributed by atoms with Crippen molar-refractivity contribution in [2.75, 3.05) is 5.32 Å². The second-order valence-electron chi connectivity index (χ2n) is 3.53. The van der Waals surface area contributed by atoms with Crippen LogP contribution in [0, 0.1) is 0 Å². The largest absolute Gasteiger partial charge is 0.346 e. The summed E-state index contributed by atoms with van der Waals surface area (Å²) in [5.41, 5.74) is 1.01. The maximum absolute atomic E-state index is 10.6. The fourth-order valence-corrected chi connectivity index (χ4v) is 1.44. The minimum Gasteiger partial charge on any atom is -0.346 e. The maximum atomic E-state index is 10.6. The van der Waals surface area contributed by atoms with Crippen LogP contribution in [0.15, 0.2) is 42.7 Å². The van der Waals surface area contributed by atoms with Gasteiger partial charge in [0.2, 0.25) is 5.95 Å². The molecule has 4 nitrogen and oxygen atoms in total. The number of carbonyl (C=O) groups is 1. The van der Waals surface area contributed by atoms with E-state index in [1.165, 1.54) is 0 Å². The van der Waals surface area contributed by atoms with Crippen LogP contribution in [0.25, 0.3) is 5.69 Å². The number of anilines is 1. The minimum atomic E-state index is -0.245. The normalized spacial score (nSPS) is 12.1. The average Bonchev–Trinajstić information content (AvgIpc) is 2.78. The van der Waals surface area contributed by atoms with E-state index in [2.05, 4.69) is 10.3 Å². The van der Waals surface area contributed by atoms with Crippen molar-refractivity contribution in [3.63, 3.8) is 0 Å². The van der Waals surface area contributed by atoms with Gasteiger partial charge in [0.05, 0.1) is 6.04 Å². The number of imidazole rings is 1. The lowest BCUT2D eigenvalue weighted by atomic mass is 10.3. The molecule has 82 valence electrons. The third-order valence-electron chi connectivity index (χ3n) is 2.24. The highest BCUT2D eigenvalue weighted by Gasteiger charge is 2.06. The van der Waals surface area contributed by atoms with Gasteiger partial charge in [0, 0.05) is 18.1 Å². The molecule has 0 bridgehead atoms. The Morgan fingerprint density at radius 3 is 2.81 bits per heavy atom. The number of aromatic nitrogens is 2. The molecule has 4 heteroatoms. The first kappa shape index (κ1) is 10.4. The molecule has 1 atom stereocenters. The molecule has 16 heavy (non-hydrogen) atoms. The number of rotatable bonds is 4. The van der Waals surface area contributed by atoms with E-state index in [4.69, 9.17) is 0 Å². The lowest BCUT2D eigenvalue weighted by Crippen LogP contribution is -2.19. The SMILES string of the molecule is CC(C=O)Nc1nccn1-c1ccccc1. The minimum absolute atomic E-state index is 0.245. The van der Waals surface area contributed by atoms with Crippen molar-refractivity contribution in [2.45, 2.75) is 13.0 Å². The summed E-state index contributed by atoms with van der Waals surface area (Å²) in [6.45, 7) is 1.79. The fraction of sp³-hybridized carbons (Fsp3) is 0.167. The van der Waals surface area contributed by atoms with Crippen molar-refractivity contribution in [3.05, 3.63) is 42.7 Å². The van der Waals surface area contributed by atoms with Crippen LogP contribution in [-0.2, 0) is 4.79 Å². The number of benzene rings is 1. The Morgan fingerprint density at radius 2 is 2.12 bits per heavy atom. The van der Waals surface area contributed by atoms with Crippen molar-refractivity contribution in [1.29, 1.82) is 0 Å². The molecule has 1 aromatic heterocycles. The Balaban J connectivity index is 2.29. The van der Waals surface area contributed by atoms with Crippen molar-refractivity contribution < 1.29 is 4.79 Å². The van der Waals surface area contributed by atoms with Crippen LogP contribution in [0.3, 0.4) is 0 Å². The molecule has 1 N–H and O–H groups in total. The highest BCUT2D eigenvalue weighted by atomic mass is 16.1. The number of para-hydroxylation sites is 1. The third kappa shape index (κ3) is 2.11. The molecule has 1 unspecified atom stereocenters. The first-order valence-electron chi connectivity index (χ1n) is 5.12. The van der Waals surface area contributed by atoms with E-state index in [9.17, 15) is 4.79 Å². The van der Waals surface area contributed by atoms with Gasteiger partial charge in [-0.3, -0.25) is 4.57 Å². The van der Waals surface area contributed by atoms with Crippen LogP contribution in [-0.4, -0.2) is 21.9 Å². The van der Waals surface area contributed by atoms with Gasteiger partial charge in [0.1, 0.15) is 6.29 Å². The summed E-state index contributed by atoms with van der Waals surface area (Å²) in [7, 11) is 0. The van der Waals surface area contributed by atoms with Crippen molar-refractivity contribution in [2.24, 2.45) is 0 Å². The topological polar surface area (TPSA) is 46.9 Å². The lowest BCUT2D eigenvalue weighted by molar-refractivity contribution is -0.108. The van der Waals surface area contributed by atoms with Crippen LogP contribution in [0.4, 0.5) is 5.95 Å². The maximum Gasteiger partial charge on any atom is 0.208 e. The summed E-state index contributed by atoms with van der Waals surface area (Å²) in [6.07, 6.45) is 4.41. The van der Waals surface area contributed by atoms with E-state index in [-0.39, 0.29) is 6.04 Å². The lowest BCUT2D eigenvalue weighted by Gasteiger charge is -2.11. The zero-order valence-electron chi connectivity index (χ0n) is 9.00. The van der Waals surface area contributed by atoms with Gasteiger partial charge in [-0.2, -0.15) is 0 Å². The molecule has 0 amide bonds. The highest BCUT2D eigenvalue weighted by molar-refractivity contribution is 5.62. The number of hydrogen-bond donors (Lipinski definition) is 1. The van der Waals surface area contributed by atoms with E-state index >= 15 is 0 Å². The molecule has 0 spiro atoms. The van der Waals surface area contributed by atoms with Crippen LogP contribution in [0.2, 0.25) is 0 Å². The molecule has 2 aromatic rings. The predicted octanol–water partition coefficient (Wildman–Crippen LogP) is 1.87. The van der Waals surface area contributed by atoms with Crippen LogP contribution in [0.5, 0.6) is 0 Å². The van der Waals surface area contributed by atoms with E-state index in [1.807, 2.05) is 41.1 Å². The van der Waals surface area contributed by atoms with Crippen LogP contribution in [0.1, 0.15) is 6.92 Å². The van der Waals surface area contributed by atoms with Gasteiger partial charge in [-0.15, -0.1) is 0 Å². The Labute approximate surface area is 93.9 Å². The molecule has 1 heterocycles. The summed E-state index contributed by atoms with van der Waals surface area (Å²) in [5, 5.41) is 3.02.